The van der Waals surface area contributed by atoms with Crippen LogP contribution in [-0.2, 0) is 6.54 Å². The topological polar surface area (TPSA) is 63.8 Å². The van der Waals surface area contributed by atoms with Crippen molar-refractivity contribution in [3.05, 3.63) is 27.8 Å². The van der Waals surface area contributed by atoms with Gasteiger partial charge in [0.2, 0.25) is 5.82 Å². The predicted molar refractivity (Wildman–Crippen MR) is 67.7 cm³/mol. The van der Waals surface area contributed by atoms with Crippen molar-refractivity contribution >= 4 is 22.6 Å². The molecular weight excluding hydrogens is 319 g/mol. The number of aromatic nitrogens is 4. The SMILES string of the molecule is OCCCn1nnc(-c2cccc(I)c2)n1. The molecule has 0 fully saturated rings. The third-order valence-corrected chi connectivity index (χ3v) is 2.72. The first-order chi connectivity index (χ1) is 7.79. The number of halogens is 1. The second-order valence-electron chi connectivity index (χ2n) is 3.30. The van der Waals surface area contributed by atoms with Crippen molar-refractivity contribution in [2.24, 2.45) is 0 Å². The van der Waals surface area contributed by atoms with E-state index >= 15 is 0 Å². The largest absolute Gasteiger partial charge is 0.396 e. The van der Waals surface area contributed by atoms with E-state index in [9.17, 15) is 0 Å². The zero-order valence-electron chi connectivity index (χ0n) is 8.54. The van der Waals surface area contributed by atoms with E-state index in [-0.39, 0.29) is 6.61 Å². The molecule has 2 aromatic rings. The molecule has 0 atom stereocenters. The van der Waals surface area contributed by atoms with Crippen LogP contribution < -0.4 is 0 Å². The summed E-state index contributed by atoms with van der Waals surface area (Å²) < 4.78 is 1.14. The van der Waals surface area contributed by atoms with Crippen molar-refractivity contribution in [3.8, 4) is 11.4 Å². The van der Waals surface area contributed by atoms with Crippen LogP contribution in [0.4, 0.5) is 0 Å². The van der Waals surface area contributed by atoms with Gasteiger partial charge in [0.25, 0.3) is 0 Å². The van der Waals surface area contributed by atoms with Crippen molar-refractivity contribution in [1.29, 1.82) is 0 Å². The van der Waals surface area contributed by atoms with Gasteiger partial charge in [-0.15, -0.1) is 10.2 Å². The molecule has 0 aliphatic carbocycles. The summed E-state index contributed by atoms with van der Waals surface area (Å²) in [6, 6.07) is 7.94. The maximum Gasteiger partial charge on any atom is 0.204 e. The van der Waals surface area contributed by atoms with Crippen LogP contribution in [0.15, 0.2) is 24.3 Å². The van der Waals surface area contributed by atoms with Crippen LogP contribution in [0.25, 0.3) is 11.4 Å². The first-order valence-corrected chi connectivity index (χ1v) is 6.02. The van der Waals surface area contributed by atoms with E-state index in [1.807, 2.05) is 24.3 Å². The highest BCUT2D eigenvalue weighted by molar-refractivity contribution is 14.1. The molecule has 16 heavy (non-hydrogen) atoms. The lowest BCUT2D eigenvalue weighted by molar-refractivity contribution is 0.272. The van der Waals surface area contributed by atoms with Gasteiger partial charge in [-0.2, -0.15) is 4.80 Å². The van der Waals surface area contributed by atoms with Crippen LogP contribution >= 0.6 is 22.6 Å². The van der Waals surface area contributed by atoms with E-state index < -0.39 is 0 Å². The molecule has 1 aromatic carbocycles. The van der Waals surface area contributed by atoms with Crippen molar-refractivity contribution < 1.29 is 5.11 Å². The molecule has 6 heteroatoms. The number of rotatable bonds is 4. The normalized spacial score (nSPS) is 10.6. The number of hydrogen-bond donors (Lipinski definition) is 1. The Labute approximate surface area is 107 Å². The summed E-state index contributed by atoms with van der Waals surface area (Å²) >= 11 is 2.25. The van der Waals surface area contributed by atoms with Gasteiger partial charge in [-0.05, 0) is 46.4 Å². The molecule has 0 saturated carbocycles. The van der Waals surface area contributed by atoms with E-state index in [4.69, 9.17) is 5.11 Å². The summed E-state index contributed by atoms with van der Waals surface area (Å²) in [6.45, 7) is 0.730. The van der Waals surface area contributed by atoms with Gasteiger partial charge in [0, 0.05) is 15.7 Å². The monoisotopic (exact) mass is 330 g/mol. The van der Waals surface area contributed by atoms with Gasteiger partial charge < -0.3 is 5.11 Å². The molecule has 0 bridgehead atoms. The van der Waals surface area contributed by atoms with Gasteiger partial charge in [0.05, 0.1) is 6.54 Å². The second kappa shape index (κ2) is 5.35. The summed E-state index contributed by atoms with van der Waals surface area (Å²) in [6.07, 6.45) is 0.641. The molecule has 0 radical (unpaired) electrons. The summed E-state index contributed by atoms with van der Waals surface area (Å²) in [5.74, 6) is 0.622. The van der Waals surface area contributed by atoms with Gasteiger partial charge >= 0.3 is 0 Å². The van der Waals surface area contributed by atoms with E-state index in [0.717, 1.165) is 9.13 Å². The maximum absolute atomic E-state index is 8.70. The quantitative estimate of drug-likeness (QED) is 0.859. The summed E-state index contributed by atoms with van der Waals surface area (Å²) in [7, 11) is 0. The van der Waals surface area contributed by atoms with Gasteiger partial charge in [0.15, 0.2) is 0 Å². The van der Waals surface area contributed by atoms with Crippen LogP contribution in [0.1, 0.15) is 6.42 Å². The molecule has 0 aliphatic rings. The van der Waals surface area contributed by atoms with Crippen molar-refractivity contribution in [1.82, 2.24) is 20.2 Å². The Morgan fingerprint density at radius 2 is 2.25 bits per heavy atom. The third-order valence-electron chi connectivity index (χ3n) is 2.05. The van der Waals surface area contributed by atoms with Crippen LogP contribution in [0.5, 0.6) is 0 Å². The minimum Gasteiger partial charge on any atom is -0.396 e. The highest BCUT2D eigenvalue weighted by Gasteiger charge is 2.05. The molecule has 0 saturated heterocycles. The molecule has 0 amide bonds. The number of aliphatic hydroxyl groups is 1. The Morgan fingerprint density at radius 1 is 1.38 bits per heavy atom. The number of nitrogens with zero attached hydrogens (tertiary/aromatic N) is 4. The minimum atomic E-state index is 0.139. The standard InChI is InChI=1S/C10H11IN4O/c11-9-4-1-3-8(7-9)10-12-14-15(13-10)5-2-6-16/h1,3-4,7,16H,2,5-6H2. The molecular formula is C10H11IN4O. The Bertz CT molecular complexity index is 471. The van der Waals surface area contributed by atoms with Gasteiger partial charge in [-0.25, -0.2) is 0 Å². The molecule has 0 unspecified atom stereocenters. The van der Waals surface area contributed by atoms with Crippen LogP contribution in [0, 0.1) is 3.57 Å². The third kappa shape index (κ3) is 2.76. The fourth-order valence-corrected chi connectivity index (χ4v) is 1.84. The number of aliphatic hydroxyl groups excluding tert-OH is 1. The molecule has 1 heterocycles. The highest BCUT2D eigenvalue weighted by atomic mass is 127. The average molecular weight is 330 g/mol. The Morgan fingerprint density at radius 3 is 3.00 bits per heavy atom. The fourth-order valence-electron chi connectivity index (χ4n) is 1.29. The maximum atomic E-state index is 8.70. The Kier molecular flexibility index (Phi) is 3.83. The number of benzene rings is 1. The second-order valence-corrected chi connectivity index (χ2v) is 4.54. The first kappa shape index (κ1) is 11.5. The molecule has 1 N–H and O–H groups in total. The van der Waals surface area contributed by atoms with Crippen molar-refractivity contribution in [2.45, 2.75) is 13.0 Å². The smallest absolute Gasteiger partial charge is 0.204 e. The van der Waals surface area contributed by atoms with Crippen molar-refractivity contribution in [2.75, 3.05) is 6.61 Å². The summed E-state index contributed by atoms with van der Waals surface area (Å²) in [5.41, 5.74) is 0.960. The van der Waals surface area contributed by atoms with Crippen LogP contribution in [0.2, 0.25) is 0 Å². The molecule has 1 aromatic heterocycles. The average Bonchev–Trinajstić information content (AvgIpc) is 2.75. The number of hydrogen-bond acceptors (Lipinski definition) is 4. The zero-order chi connectivity index (χ0) is 11.4. The molecule has 0 spiro atoms. The van der Waals surface area contributed by atoms with Crippen LogP contribution in [-0.4, -0.2) is 31.9 Å². The van der Waals surface area contributed by atoms with Crippen LogP contribution in [0.3, 0.4) is 0 Å². The Balaban J connectivity index is 2.18. The molecule has 0 aliphatic heterocycles. The van der Waals surface area contributed by atoms with E-state index in [1.165, 1.54) is 4.80 Å². The van der Waals surface area contributed by atoms with Gasteiger partial charge in [0.1, 0.15) is 0 Å². The predicted octanol–water partition coefficient (Wildman–Crippen LogP) is 1.33. The fraction of sp³-hybridized carbons (Fsp3) is 0.300. The molecule has 84 valence electrons. The summed E-state index contributed by atoms with van der Waals surface area (Å²) in [4.78, 5) is 1.51. The van der Waals surface area contributed by atoms with E-state index in [0.29, 0.717) is 18.8 Å². The lowest BCUT2D eigenvalue weighted by Crippen LogP contribution is -2.04. The lowest BCUT2D eigenvalue weighted by atomic mass is 10.2. The highest BCUT2D eigenvalue weighted by Crippen LogP contribution is 2.16. The lowest BCUT2D eigenvalue weighted by Gasteiger charge is -1.95. The van der Waals surface area contributed by atoms with Crippen molar-refractivity contribution in [3.63, 3.8) is 0 Å². The number of tetrazole rings is 1. The van der Waals surface area contributed by atoms with Gasteiger partial charge in [-0.3, -0.25) is 0 Å². The van der Waals surface area contributed by atoms with Gasteiger partial charge in [-0.1, -0.05) is 12.1 Å². The molecule has 5 nitrogen and oxygen atoms in total. The zero-order valence-corrected chi connectivity index (χ0v) is 10.7. The first-order valence-electron chi connectivity index (χ1n) is 4.94. The Hall–Kier alpha value is -1.02. The number of aryl methyl sites for hydroxylation is 1. The molecule has 2 rings (SSSR count). The van der Waals surface area contributed by atoms with E-state index in [2.05, 4.69) is 38.0 Å². The summed E-state index contributed by atoms with van der Waals surface area (Å²) in [5, 5.41) is 20.8. The minimum absolute atomic E-state index is 0.139. The van der Waals surface area contributed by atoms with E-state index in [1.54, 1.807) is 0 Å².